The molecule has 1 N–H and O–H groups in total. The minimum Gasteiger partial charge on any atom is -0.345 e. The Kier molecular flexibility index (Phi) is 4.41. The monoisotopic (exact) mass is 233 g/mol. The van der Waals surface area contributed by atoms with Crippen LogP contribution >= 0.6 is 0 Å². The molecule has 17 heavy (non-hydrogen) atoms. The Morgan fingerprint density at radius 1 is 1.35 bits per heavy atom. The predicted molar refractivity (Wildman–Crippen MR) is 62.0 cm³/mol. The SMILES string of the molecule is CC(=O)NCC#Cc1ccc(F)c(C(C)=O)c1. The Hall–Kier alpha value is -2.15. The van der Waals surface area contributed by atoms with E-state index in [1.54, 1.807) is 0 Å². The van der Waals surface area contributed by atoms with Crippen LogP contribution < -0.4 is 5.32 Å². The van der Waals surface area contributed by atoms with E-state index in [1.165, 1.54) is 32.0 Å². The van der Waals surface area contributed by atoms with Crippen molar-refractivity contribution in [2.24, 2.45) is 0 Å². The van der Waals surface area contributed by atoms with Crippen molar-refractivity contribution in [3.63, 3.8) is 0 Å². The molecule has 0 spiro atoms. The van der Waals surface area contributed by atoms with Crippen LogP contribution in [0.4, 0.5) is 4.39 Å². The number of nitrogens with one attached hydrogen (secondary N) is 1. The lowest BCUT2D eigenvalue weighted by Gasteiger charge is -1.98. The van der Waals surface area contributed by atoms with E-state index < -0.39 is 5.82 Å². The van der Waals surface area contributed by atoms with E-state index in [0.29, 0.717) is 5.56 Å². The first-order chi connectivity index (χ1) is 8.00. The third kappa shape index (κ3) is 4.07. The average molecular weight is 233 g/mol. The van der Waals surface area contributed by atoms with Gasteiger partial charge in [-0.2, -0.15) is 0 Å². The van der Waals surface area contributed by atoms with Crippen LogP contribution in [0.15, 0.2) is 18.2 Å². The summed E-state index contributed by atoms with van der Waals surface area (Å²) in [6, 6.07) is 4.10. The molecule has 0 saturated carbocycles. The van der Waals surface area contributed by atoms with Crippen LogP contribution in [-0.4, -0.2) is 18.2 Å². The number of ketones is 1. The molecule has 1 amide bonds. The molecular weight excluding hydrogens is 221 g/mol. The van der Waals surface area contributed by atoms with Gasteiger partial charge < -0.3 is 5.32 Å². The highest BCUT2D eigenvalue weighted by Crippen LogP contribution is 2.10. The lowest BCUT2D eigenvalue weighted by Crippen LogP contribution is -2.19. The number of hydrogen-bond acceptors (Lipinski definition) is 2. The molecular formula is C13H12FNO2. The highest BCUT2D eigenvalue weighted by Gasteiger charge is 2.06. The zero-order chi connectivity index (χ0) is 12.8. The van der Waals surface area contributed by atoms with Crippen LogP contribution in [0.5, 0.6) is 0 Å². The summed E-state index contributed by atoms with van der Waals surface area (Å²) in [6.07, 6.45) is 0. The fraction of sp³-hybridized carbons (Fsp3) is 0.231. The van der Waals surface area contributed by atoms with Crippen molar-refractivity contribution in [2.75, 3.05) is 6.54 Å². The molecule has 0 bridgehead atoms. The van der Waals surface area contributed by atoms with Crippen LogP contribution in [0.3, 0.4) is 0 Å². The molecule has 0 atom stereocenters. The van der Waals surface area contributed by atoms with Gasteiger partial charge in [0.05, 0.1) is 12.1 Å². The van der Waals surface area contributed by atoms with Gasteiger partial charge in [-0.25, -0.2) is 4.39 Å². The Bertz CT molecular complexity index is 512. The van der Waals surface area contributed by atoms with Gasteiger partial charge in [-0.3, -0.25) is 9.59 Å². The van der Waals surface area contributed by atoms with Gasteiger partial charge in [-0.05, 0) is 25.1 Å². The van der Waals surface area contributed by atoms with Crippen molar-refractivity contribution in [1.82, 2.24) is 5.32 Å². The molecule has 4 heteroatoms. The summed E-state index contributed by atoms with van der Waals surface area (Å²) in [4.78, 5) is 21.7. The van der Waals surface area contributed by atoms with E-state index in [0.717, 1.165) is 0 Å². The maximum atomic E-state index is 13.2. The summed E-state index contributed by atoms with van der Waals surface area (Å²) in [5, 5.41) is 2.51. The molecule has 1 rings (SSSR count). The molecule has 0 aromatic heterocycles. The Balaban J connectivity index is 2.82. The van der Waals surface area contributed by atoms with Gasteiger partial charge in [0.2, 0.25) is 5.91 Å². The van der Waals surface area contributed by atoms with Crippen molar-refractivity contribution in [1.29, 1.82) is 0 Å². The first kappa shape index (κ1) is 12.9. The Morgan fingerprint density at radius 3 is 2.65 bits per heavy atom. The second kappa shape index (κ2) is 5.80. The summed E-state index contributed by atoms with van der Waals surface area (Å²) < 4.78 is 13.2. The van der Waals surface area contributed by atoms with Gasteiger partial charge in [0.15, 0.2) is 5.78 Å². The molecule has 3 nitrogen and oxygen atoms in total. The van der Waals surface area contributed by atoms with Gasteiger partial charge in [-0.15, -0.1) is 0 Å². The molecule has 1 aromatic carbocycles. The van der Waals surface area contributed by atoms with Gasteiger partial charge in [0, 0.05) is 12.5 Å². The standard InChI is InChI=1S/C13H12FNO2/c1-9(16)12-8-11(5-6-13(12)14)4-3-7-15-10(2)17/h5-6,8H,7H2,1-2H3,(H,15,17). The van der Waals surface area contributed by atoms with E-state index >= 15 is 0 Å². The lowest BCUT2D eigenvalue weighted by atomic mass is 10.1. The second-order valence-corrected chi connectivity index (χ2v) is 3.46. The molecule has 0 saturated heterocycles. The van der Waals surface area contributed by atoms with Crippen molar-refractivity contribution in [2.45, 2.75) is 13.8 Å². The highest BCUT2D eigenvalue weighted by atomic mass is 19.1. The minimum absolute atomic E-state index is 0.0244. The second-order valence-electron chi connectivity index (χ2n) is 3.46. The van der Waals surface area contributed by atoms with Crippen molar-refractivity contribution < 1.29 is 14.0 Å². The fourth-order valence-corrected chi connectivity index (χ4v) is 1.19. The number of halogens is 1. The van der Waals surface area contributed by atoms with Gasteiger partial charge in [-0.1, -0.05) is 11.8 Å². The van der Waals surface area contributed by atoms with Crippen molar-refractivity contribution >= 4 is 11.7 Å². The molecule has 0 fully saturated rings. The molecule has 0 heterocycles. The zero-order valence-electron chi connectivity index (χ0n) is 9.63. The number of rotatable bonds is 2. The van der Waals surface area contributed by atoms with E-state index in [-0.39, 0.29) is 23.8 Å². The summed E-state index contributed by atoms with van der Waals surface area (Å²) in [5.74, 6) is 4.39. The smallest absolute Gasteiger partial charge is 0.217 e. The maximum Gasteiger partial charge on any atom is 0.217 e. The number of carbonyl (C=O) groups is 2. The van der Waals surface area contributed by atoms with E-state index in [2.05, 4.69) is 17.2 Å². The summed E-state index contributed by atoms with van der Waals surface area (Å²) >= 11 is 0. The molecule has 1 aromatic rings. The zero-order valence-corrected chi connectivity index (χ0v) is 9.63. The molecule has 0 unspecified atom stereocenters. The number of carbonyl (C=O) groups excluding carboxylic acids is 2. The number of hydrogen-bond donors (Lipinski definition) is 1. The van der Waals surface area contributed by atoms with Crippen LogP contribution in [0.25, 0.3) is 0 Å². The maximum absolute atomic E-state index is 13.2. The Labute approximate surface area is 99.0 Å². The predicted octanol–water partition coefficient (Wildman–Crippen LogP) is 1.52. The van der Waals surface area contributed by atoms with E-state index in [1.807, 2.05) is 0 Å². The van der Waals surface area contributed by atoms with Crippen LogP contribution in [-0.2, 0) is 4.79 Å². The average Bonchev–Trinajstić information content (AvgIpc) is 2.25. The number of Topliss-reactive ketones (excluding diaryl/α,β-unsaturated/α-hetero) is 1. The molecule has 0 aliphatic heterocycles. The normalized spacial score (nSPS) is 9.12. The fourth-order valence-electron chi connectivity index (χ4n) is 1.19. The Morgan fingerprint density at radius 2 is 2.06 bits per heavy atom. The minimum atomic E-state index is -0.551. The quantitative estimate of drug-likeness (QED) is 0.621. The van der Waals surface area contributed by atoms with Crippen LogP contribution in [0, 0.1) is 17.7 Å². The molecule has 0 aliphatic rings. The number of amides is 1. The summed E-state index contributed by atoms with van der Waals surface area (Å²) in [6.45, 7) is 2.92. The van der Waals surface area contributed by atoms with Gasteiger partial charge >= 0.3 is 0 Å². The van der Waals surface area contributed by atoms with Crippen molar-refractivity contribution in [3.8, 4) is 11.8 Å². The topological polar surface area (TPSA) is 46.2 Å². The summed E-state index contributed by atoms with van der Waals surface area (Å²) in [7, 11) is 0. The largest absolute Gasteiger partial charge is 0.345 e. The van der Waals surface area contributed by atoms with Gasteiger partial charge in [0.1, 0.15) is 5.82 Å². The third-order valence-corrected chi connectivity index (χ3v) is 2.00. The molecule has 88 valence electrons. The van der Waals surface area contributed by atoms with Crippen LogP contribution in [0.1, 0.15) is 29.8 Å². The summed E-state index contributed by atoms with van der Waals surface area (Å²) in [5.41, 5.74) is 0.568. The van der Waals surface area contributed by atoms with E-state index in [9.17, 15) is 14.0 Å². The van der Waals surface area contributed by atoms with Gasteiger partial charge in [0.25, 0.3) is 0 Å². The lowest BCUT2D eigenvalue weighted by molar-refractivity contribution is -0.118. The first-order valence-electron chi connectivity index (χ1n) is 5.04. The van der Waals surface area contributed by atoms with Crippen LogP contribution in [0.2, 0.25) is 0 Å². The van der Waals surface area contributed by atoms with Crippen molar-refractivity contribution in [3.05, 3.63) is 35.1 Å². The van der Waals surface area contributed by atoms with E-state index in [4.69, 9.17) is 0 Å². The first-order valence-corrected chi connectivity index (χ1v) is 5.04. The number of benzene rings is 1. The highest BCUT2D eigenvalue weighted by molar-refractivity contribution is 5.94. The molecule has 0 aliphatic carbocycles. The molecule has 0 radical (unpaired) electrons. The third-order valence-electron chi connectivity index (χ3n) is 2.00.